The van der Waals surface area contributed by atoms with E-state index in [1.807, 2.05) is 0 Å². The van der Waals surface area contributed by atoms with Gasteiger partial charge in [-0.2, -0.15) is 0 Å². The lowest BCUT2D eigenvalue weighted by molar-refractivity contribution is -0.141. The van der Waals surface area contributed by atoms with Gasteiger partial charge in [0.25, 0.3) is 0 Å². The van der Waals surface area contributed by atoms with E-state index in [1.165, 1.54) is 0 Å². The smallest absolute Gasteiger partial charge is 0.323 e. The molecule has 0 heterocycles. The topological polar surface area (TPSA) is 170 Å². The van der Waals surface area contributed by atoms with Crippen LogP contribution in [0.15, 0.2) is 0 Å². The molecule has 0 aromatic rings. The summed E-state index contributed by atoms with van der Waals surface area (Å²) in [6.45, 7) is 0. The number of carboxylic acid groups (broad SMARTS) is 1. The second-order valence-corrected chi connectivity index (χ2v) is 3.71. The predicted octanol–water partition coefficient (Wildman–Crippen LogP) is -2.69. The number of primary amides is 1. The first-order valence-electron chi connectivity index (χ1n) is 4.98. The van der Waals surface area contributed by atoms with Gasteiger partial charge in [0, 0.05) is 12.8 Å². The standard InChI is InChI=1S/C9H17N3O5/c10-4(1-2-7(11)15)5(13)3-6(14)8(12)9(16)17/h4,6,8,14H,1-3,10,12H2,(H2,11,15)(H,16,17)/t4-,6+,8-/m0/s1. The van der Waals surface area contributed by atoms with Crippen LogP contribution in [0.1, 0.15) is 19.3 Å². The van der Waals surface area contributed by atoms with Gasteiger partial charge in [-0.05, 0) is 6.42 Å². The molecule has 0 aliphatic heterocycles. The van der Waals surface area contributed by atoms with Gasteiger partial charge in [-0.1, -0.05) is 0 Å². The van der Waals surface area contributed by atoms with Crippen molar-refractivity contribution in [1.29, 1.82) is 0 Å². The van der Waals surface area contributed by atoms with Crippen LogP contribution < -0.4 is 17.2 Å². The molecule has 0 aromatic heterocycles. The molecule has 0 rings (SSSR count). The molecule has 8 N–H and O–H groups in total. The second kappa shape index (κ2) is 6.94. The first-order valence-corrected chi connectivity index (χ1v) is 4.98. The van der Waals surface area contributed by atoms with Crippen LogP contribution in [-0.2, 0) is 14.4 Å². The fourth-order valence-corrected chi connectivity index (χ4v) is 1.11. The molecule has 0 unspecified atom stereocenters. The number of aliphatic carboxylic acids is 1. The van der Waals surface area contributed by atoms with E-state index in [-0.39, 0.29) is 12.8 Å². The maximum Gasteiger partial charge on any atom is 0.323 e. The van der Waals surface area contributed by atoms with Crippen molar-refractivity contribution >= 4 is 17.7 Å². The number of hydrogen-bond acceptors (Lipinski definition) is 6. The van der Waals surface area contributed by atoms with Crippen molar-refractivity contribution in [3.8, 4) is 0 Å². The summed E-state index contributed by atoms with van der Waals surface area (Å²) in [5.41, 5.74) is 15.4. The van der Waals surface area contributed by atoms with Crippen LogP contribution in [-0.4, -0.2) is 46.1 Å². The Kier molecular flexibility index (Phi) is 6.33. The molecule has 8 nitrogen and oxygen atoms in total. The molecular formula is C9H17N3O5. The Morgan fingerprint density at radius 1 is 1.18 bits per heavy atom. The molecule has 0 radical (unpaired) electrons. The summed E-state index contributed by atoms with van der Waals surface area (Å²) in [5, 5.41) is 17.8. The normalized spacial score (nSPS) is 15.9. The van der Waals surface area contributed by atoms with Crippen LogP contribution in [0.4, 0.5) is 0 Å². The Morgan fingerprint density at radius 3 is 2.12 bits per heavy atom. The van der Waals surface area contributed by atoms with Crippen molar-refractivity contribution in [2.75, 3.05) is 0 Å². The van der Waals surface area contributed by atoms with Gasteiger partial charge in [0.05, 0.1) is 12.1 Å². The van der Waals surface area contributed by atoms with Gasteiger partial charge in [0.2, 0.25) is 5.91 Å². The third-order valence-electron chi connectivity index (χ3n) is 2.23. The number of carboxylic acids is 1. The van der Waals surface area contributed by atoms with Crippen molar-refractivity contribution in [3.63, 3.8) is 0 Å². The van der Waals surface area contributed by atoms with Crippen LogP contribution >= 0.6 is 0 Å². The van der Waals surface area contributed by atoms with Gasteiger partial charge < -0.3 is 27.4 Å². The number of ketones is 1. The number of rotatable bonds is 8. The van der Waals surface area contributed by atoms with Gasteiger partial charge in [-0.25, -0.2) is 0 Å². The van der Waals surface area contributed by atoms with Gasteiger partial charge in [0.15, 0.2) is 5.78 Å². The summed E-state index contributed by atoms with van der Waals surface area (Å²) in [6, 6.07) is -2.50. The zero-order valence-electron chi connectivity index (χ0n) is 9.20. The lowest BCUT2D eigenvalue weighted by atomic mass is 9.99. The Balaban J connectivity index is 4.15. The zero-order valence-corrected chi connectivity index (χ0v) is 9.20. The Bertz CT molecular complexity index is 307. The number of aliphatic hydroxyl groups excluding tert-OH is 1. The molecule has 0 bridgehead atoms. The van der Waals surface area contributed by atoms with Crippen LogP contribution in [0, 0.1) is 0 Å². The maximum absolute atomic E-state index is 11.4. The van der Waals surface area contributed by atoms with Crippen LogP contribution in [0.3, 0.4) is 0 Å². The third kappa shape index (κ3) is 5.95. The summed E-state index contributed by atoms with van der Waals surface area (Å²) < 4.78 is 0. The Hall–Kier alpha value is -1.51. The zero-order chi connectivity index (χ0) is 13.6. The SMILES string of the molecule is NC(=O)CC[C@H](N)C(=O)C[C@@H](O)[C@H](N)C(=O)O. The number of Topliss-reactive ketones (excluding diaryl/α,β-unsaturated/α-hetero) is 1. The number of nitrogens with two attached hydrogens (primary N) is 3. The molecule has 8 heteroatoms. The maximum atomic E-state index is 11.4. The summed E-state index contributed by atoms with van der Waals surface area (Å²) in [5.74, 6) is -2.55. The Labute approximate surface area is 97.8 Å². The molecule has 0 saturated heterocycles. The van der Waals surface area contributed by atoms with Gasteiger partial charge in [0.1, 0.15) is 6.04 Å². The average Bonchev–Trinajstić information content (AvgIpc) is 2.24. The van der Waals surface area contributed by atoms with E-state index in [0.29, 0.717) is 0 Å². The molecule has 1 amide bonds. The van der Waals surface area contributed by atoms with Crippen LogP contribution in [0.25, 0.3) is 0 Å². The molecule has 0 aromatic carbocycles. The molecule has 98 valence electrons. The molecule has 0 aliphatic rings. The number of hydrogen-bond donors (Lipinski definition) is 5. The molecule has 0 fully saturated rings. The molecule has 0 aliphatic carbocycles. The van der Waals surface area contributed by atoms with Crippen molar-refractivity contribution < 1.29 is 24.6 Å². The van der Waals surface area contributed by atoms with E-state index in [2.05, 4.69) is 0 Å². The summed E-state index contributed by atoms with van der Waals surface area (Å²) in [4.78, 5) is 32.3. The van der Waals surface area contributed by atoms with E-state index >= 15 is 0 Å². The van der Waals surface area contributed by atoms with Gasteiger partial charge in [-0.3, -0.25) is 14.4 Å². The van der Waals surface area contributed by atoms with E-state index in [9.17, 15) is 19.5 Å². The van der Waals surface area contributed by atoms with Crippen LogP contribution in [0.5, 0.6) is 0 Å². The van der Waals surface area contributed by atoms with E-state index in [0.717, 1.165) is 0 Å². The predicted molar refractivity (Wildman–Crippen MR) is 57.6 cm³/mol. The molecule has 0 spiro atoms. The summed E-state index contributed by atoms with van der Waals surface area (Å²) in [7, 11) is 0. The molecule has 0 saturated carbocycles. The van der Waals surface area contributed by atoms with E-state index < -0.39 is 42.3 Å². The van der Waals surface area contributed by atoms with Crippen LogP contribution in [0.2, 0.25) is 0 Å². The minimum absolute atomic E-state index is 0.0476. The number of carbonyl (C=O) groups is 3. The number of aliphatic hydroxyl groups is 1. The number of amides is 1. The lowest BCUT2D eigenvalue weighted by Gasteiger charge is -2.16. The Morgan fingerprint density at radius 2 is 1.71 bits per heavy atom. The minimum Gasteiger partial charge on any atom is -0.480 e. The fourth-order valence-electron chi connectivity index (χ4n) is 1.11. The van der Waals surface area contributed by atoms with E-state index in [4.69, 9.17) is 22.3 Å². The number of carbonyl (C=O) groups excluding carboxylic acids is 2. The second-order valence-electron chi connectivity index (χ2n) is 3.71. The van der Waals surface area contributed by atoms with E-state index in [1.54, 1.807) is 0 Å². The van der Waals surface area contributed by atoms with Crippen molar-refractivity contribution in [1.82, 2.24) is 0 Å². The highest BCUT2D eigenvalue weighted by atomic mass is 16.4. The highest BCUT2D eigenvalue weighted by molar-refractivity contribution is 5.86. The molecule has 3 atom stereocenters. The highest BCUT2D eigenvalue weighted by Crippen LogP contribution is 2.04. The van der Waals surface area contributed by atoms with Crippen molar-refractivity contribution in [3.05, 3.63) is 0 Å². The quantitative estimate of drug-likeness (QED) is 0.311. The first-order chi connectivity index (χ1) is 7.75. The lowest BCUT2D eigenvalue weighted by Crippen LogP contribution is -2.45. The fraction of sp³-hybridized carbons (Fsp3) is 0.667. The van der Waals surface area contributed by atoms with Gasteiger partial charge >= 0.3 is 5.97 Å². The summed E-state index contributed by atoms with van der Waals surface area (Å²) >= 11 is 0. The summed E-state index contributed by atoms with van der Waals surface area (Å²) in [6.07, 6.45) is -1.95. The van der Waals surface area contributed by atoms with Gasteiger partial charge in [-0.15, -0.1) is 0 Å². The largest absolute Gasteiger partial charge is 0.480 e. The molecule has 17 heavy (non-hydrogen) atoms. The average molecular weight is 247 g/mol. The van der Waals surface area contributed by atoms with Crippen molar-refractivity contribution in [2.45, 2.75) is 37.5 Å². The first kappa shape index (κ1) is 15.5. The van der Waals surface area contributed by atoms with Crippen molar-refractivity contribution in [2.24, 2.45) is 17.2 Å². The minimum atomic E-state index is -1.54. The third-order valence-corrected chi connectivity index (χ3v) is 2.23. The monoisotopic (exact) mass is 247 g/mol. The highest BCUT2D eigenvalue weighted by Gasteiger charge is 2.26. The molecular weight excluding hydrogens is 230 g/mol.